The fourth-order valence-corrected chi connectivity index (χ4v) is 2.39. The highest BCUT2D eigenvalue weighted by atomic mass is 14.0. The van der Waals surface area contributed by atoms with Crippen molar-refractivity contribution in [1.82, 2.24) is 0 Å². The van der Waals surface area contributed by atoms with Crippen molar-refractivity contribution in [2.24, 2.45) is 0 Å². The van der Waals surface area contributed by atoms with E-state index in [-0.39, 0.29) is 0 Å². The monoisotopic (exact) mass is 234 g/mol. The van der Waals surface area contributed by atoms with Gasteiger partial charge in [-0.15, -0.1) is 0 Å². The standard InChI is InChI=1S/C16H31B/c1-8-12(3)10-15(6)17-16(7)11-14(5)13(4)9-2/h10,15-17H,8-9,11H2,1-7H3/b12-10-,14-13-. The molecular weight excluding hydrogens is 203 g/mol. The number of allylic oxidation sites excluding steroid dienone is 4. The highest BCUT2D eigenvalue weighted by Crippen LogP contribution is 2.24. The molecule has 0 radical (unpaired) electrons. The molecule has 0 bridgehead atoms. The number of hydrogen-bond acceptors (Lipinski definition) is 0. The van der Waals surface area contributed by atoms with Crippen LogP contribution in [-0.2, 0) is 0 Å². The third kappa shape index (κ3) is 7.47. The lowest BCUT2D eigenvalue weighted by atomic mass is 9.54. The van der Waals surface area contributed by atoms with Crippen LogP contribution in [0, 0.1) is 0 Å². The molecule has 2 unspecified atom stereocenters. The van der Waals surface area contributed by atoms with Gasteiger partial charge in [0.15, 0.2) is 0 Å². The van der Waals surface area contributed by atoms with E-state index in [0.717, 1.165) is 11.6 Å². The van der Waals surface area contributed by atoms with Crippen molar-refractivity contribution in [3.05, 3.63) is 22.8 Å². The molecule has 0 aromatic rings. The van der Waals surface area contributed by atoms with Gasteiger partial charge < -0.3 is 0 Å². The van der Waals surface area contributed by atoms with Crippen molar-refractivity contribution in [3.8, 4) is 0 Å². The smallest absolute Gasteiger partial charge is 0.0903 e. The molecule has 0 spiro atoms. The highest BCUT2D eigenvalue weighted by Gasteiger charge is 2.10. The van der Waals surface area contributed by atoms with Crippen molar-refractivity contribution in [2.75, 3.05) is 0 Å². The van der Waals surface area contributed by atoms with E-state index in [1.807, 2.05) is 0 Å². The molecule has 0 saturated heterocycles. The summed E-state index contributed by atoms with van der Waals surface area (Å²) in [6, 6.07) is 0. The first-order valence-corrected chi connectivity index (χ1v) is 7.23. The van der Waals surface area contributed by atoms with E-state index in [1.165, 1.54) is 32.1 Å². The molecule has 17 heavy (non-hydrogen) atoms. The minimum atomic E-state index is 0.722. The molecular formula is C16H31B. The predicted molar refractivity (Wildman–Crippen MR) is 83.3 cm³/mol. The van der Waals surface area contributed by atoms with Crippen LogP contribution in [0.25, 0.3) is 0 Å². The Labute approximate surface area is 110 Å². The molecule has 2 atom stereocenters. The quantitative estimate of drug-likeness (QED) is 0.401. The molecule has 0 aromatic heterocycles. The van der Waals surface area contributed by atoms with E-state index in [2.05, 4.69) is 54.5 Å². The lowest BCUT2D eigenvalue weighted by Gasteiger charge is -2.15. The van der Waals surface area contributed by atoms with Gasteiger partial charge in [-0.2, -0.15) is 0 Å². The zero-order valence-electron chi connectivity index (χ0n) is 13.1. The number of rotatable bonds is 7. The van der Waals surface area contributed by atoms with E-state index >= 15 is 0 Å². The first kappa shape index (κ1) is 16.5. The van der Waals surface area contributed by atoms with E-state index in [4.69, 9.17) is 0 Å². The van der Waals surface area contributed by atoms with Crippen LogP contribution in [0.1, 0.15) is 67.7 Å². The second-order valence-electron chi connectivity index (χ2n) is 5.80. The van der Waals surface area contributed by atoms with Crippen LogP contribution >= 0.6 is 0 Å². The maximum absolute atomic E-state index is 2.45. The van der Waals surface area contributed by atoms with Crippen LogP contribution in [-0.4, -0.2) is 7.28 Å². The molecule has 0 N–H and O–H groups in total. The second-order valence-corrected chi connectivity index (χ2v) is 5.80. The summed E-state index contributed by atoms with van der Waals surface area (Å²) in [4.78, 5) is 0. The summed E-state index contributed by atoms with van der Waals surface area (Å²) in [5, 5.41) is 0. The van der Waals surface area contributed by atoms with Crippen molar-refractivity contribution in [1.29, 1.82) is 0 Å². The Hall–Kier alpha value is -0.455. The summed E-state index contributed by atoms with van der Waals surface area (Å²) in [6.07, 6.45) is 6.10. The first-order valence-electron chi connectivity index (χ1n) is 7.23. The Kier molecular flexibility index (Phi) is 8.38. The van der Waals surface area contributed by atoms with E-state index in [0.29, 0.717) is 0 Å². The van der Waals surface area contributed by atoms with Crippen molar-refractivity contribution >= 4 is 7.28 Å². The zero-order chi connectivity index (χ0) is 13.4. The van der Waals surface area contributed by atoms with Crippen molar-refractivity contribution in [3.63, 3.8) is 0 Å². The van der Waals surface area contributed by atoms with Crippen molar-refractivity contribution in [2.45, 2.75) is 79.4 Å². The summed E-state index contributed by atoms with van der Waals surface area (Å²) in [6.45, 7) is 16.0. The van der Waals surface area contributed by atoms with Crippen LogP contribution in [0.2, 0.25) is 11.6 Å². The van der Waals surface area contributed by atoms with Crippen LogP contribution in [0.3, 0.4) is 0 Å². The Morgan fingerprint density at radius 3 is 2.06 bits per heavy atom. The third-order valence-corrected chi connectivity index (χ3v) is 3.81. The lowest BCUT2D eigenvalue weighted by Crippen LogP contribution is -2.06. The summed E-state index contributed by atoms with van der Waals surface area (Å²) in [5.41, 5.74) is 4.70. The normalized spacial score (nSPS) is 17.5. The third-order valence-electron chi connectivity index (χ3n) is 3.81. The SMILES string of the molecule is CC/C(C)=C\C(C)BC(C)C/C(C)=C(/C)CC. The highest BCUT2D eigenvalue weighted by molar-refractivity contribution is 6.40. The van der Waals surface area contributed by atoms with Crippen LogP contribution < -0.4 is 0 Å². The predicted octanol–water partition coefficient (Wildman–Crippen LogP) is 5.53. The molecule has 0 amide bonds. The molecule has 0 aliphatic rings. The van der Waals surface area contributed by atoms with Crippen LogP contribution in [0.4, 0.5) is 0 Å². The molecule has 0 saturated carbocycles. The topological polar surface area (TPSA) is 0 Å². The minimum Gasteiger partial charge on any atom is -0.0903 e. The Bertz CT molecular complexity index is 273. The number of hydrogen-bond donors (Lipinski definition) is 0. The van der Waals surface area contributed by atoms with Gasteiger partial charge in [0, 0.05) is 0 Å². The van der Waals surface area contributed by atoms with E-state index in [9.17, 15) is 0 Å². The molecule has 0 rings (SSSR count). The maximum atomic E-state index is 2.45. The minimum absolute atomic E-state index is 0.722. The average Bonchev–Trinajstić information content (AvgIpc) is 2.26. The Balaban J connectivity index is 4.23. The van der Waals surface area contributed by atoms with Gasteiger partial charge in [0.1, 0.15) is 7.28 Å². The van der Waals surface area contributed by atoms with Gasteiger partial charge in [0.05, 0.1) is 0 Å². The molecule has 0 aliphatic heterocycles. The van der Waals surface area contributed by atoms with Gasteiger partial charge in [0.25, 0.3) is 0 Å². The second kappa shape index (κ2) is 8.61. The largest absolute Gasteiger partial charge is 0.132 e. The Morgan fingerprint density at radius 2 is 1.59 bits per heavy atom. The molecule has 98 valence electrons. The molecule has 0 nitrogen and oxygen atoms in total. The summed E-state index contributed by atoms with van der Waals surface area (Å²) >= 11 is 0. The summed E-state index contributed by atoms with van der Waals surface area (Å²) in [7, 11) is 1.31. The summed E-state index contributed by atoms with van der Waals surface area (Å²) in [5.74, 6) is 1.52. The van der Waals surface area contributed by atoms with E-state index in [1.54, 1.807) is 11.1 Å². The molecule has 0 fully saturated rings. The fourth-order valence-electron chi connectivity index (χ4n) is 2.39. The zero-order valence-corrected chi connectivity index (χ0v) is 13.1. The van der Waals surface area contributed by atoms with Crippen LogP contribution in [0.15, 0.2) is 22.8 Å². The molecule has 0 aromatic carbocycles. The van der Waals surface area contributed by atoms with Crippen LogP contribution in [0.5, 0.6) is 0 Å². The van der Waals surface area contributed by atoms with E-state index < -0.39 is 0 Å². The van der Waals surface area contributed by atoms with Gasteiger partial charge in [-0.25, -0.2) is 0 Å². The van der Waals surface area contributed by atoms with Gasteiger partial charge in [0.2, 0.25) is 0 Å². The van der Waals surface area contributed by atoms with Gasteiger partial charge in [-0.3, -0.25) is 0 Å². The van der Waals surface area contributed by atoms with Gasteiger partial charge >= 0.3 is 0 Å². The fraction of sp³-hybridized carbons (Fsp3) is 0.750. The van der Waals surface area contributed by atoms with Gasteiger partial charge in [-0.1, -0.05) is 62.1 Å². The van der Waals surface area contributed by atoms with Crippen molar-refractivity contribution < 1.29 is 0 Å². The molecule has 1 heteroatoms. The maximum Gasteiger partial charge on any atom is 0.132 e. The molecule has 0 aliphatic carbocycles. The Morgan fingerprint density at radius 1 is 1.00 bits per heavy atom. The lowest BCUT2D eigenvalue weighted by molar-refractivity contribution is 0.849. The first-order chi connectivity index (χ1) is 7.90. The molecule has 0 heterocycles. The average molecular weight is 234 g/mol. The summed E-state index contributed by atoms with van der Waals surface area (Å²) < 4.78 is 0. The van der Waals surface area contributed by atoms with Gasteiger partial charge in [-0.05, 0) is 40.0 Å².